The van der Waals surface area contributed by atoms with E-state index in [0.29, 0.717) is 61.3 Å². The largest absolute Gasteiger partial charge is 0.339 e. The smallest absolute Gasteiger partial charge is 0.261 e. The van der Waals surface area contributed by atoms with Crippen LogP contribution in [0.4, 0.5) is 0 Å². The first-order valence-corrected chi connectivity index (χ1v) is 12.2. The molecule has 1 aliphatic heterocycles. The van der Waals surface area contributed by atoms with Crippen molar-refractivity contribution in [2.45, 2.75) is 45.1 Å². The molecule has 1 saturated carbocycles. The fourth-order valence-electron chi connectivity index (χ4n) is 4.68. The summed E-state index contributed by atoms with van der Waals surface area (Å²) in [5.74, 6) is 0.761. The molecular weight excluding hydrogens is 428 g/mol. The van der Waals surface area contributed by atoms with E-state index in [2.05, 4.69) is 6.92 Å². The molecule has 0 bridgehead atoms. The lowest BCUT2D eigenvalue weighted by atomic mass is 10.1. The summed E-state index contributed by atoms with van der Waals surface area (Å²) in [6.07, 6.45) is 3.67. The van der Waals surface area contributed by atoms with E-state index in [1.807, 2.05) is 58.3 Å². The summed E-state index contributed by atoms with van der Waals surface area (Å²) in [5, 5.41) is 0.634. The van der Waals surface area contributed by atoms with Crippen LogP contribution in [0.1, 0.15) is 54.0 Å². The Morgan fingerprint density at radius 2 is 1.62 bits per heavy atom. The van der Waals surface area contributed by atoms with Crippen LogP contribution < -0.4 is 5.56 Å². The SMILES string of the molecule is CCc1ccc(C(=O)N2CCN(C(=O)CCc3nc4ccccc4c(=O)n3C3CC3)CC2)cc1. The summed E-state index contributed by atoms with van der Waals surface area (Å²) in [6, 6.07) is 15.4. The number of benzene rings is 2. The second kappa shape index (κ2) is 9.41. The summed E-state index contributed by atoms with van der Waals surface area (Å²) < 4.78 is 1.80. The molecule has 7 nitrogen and oxygen atoms in total. The molecule has 1 aromatic heterocycles. The number of aryl methyl sites for hydroxylation is 2. The van der Waals surface area contributed by atoms with Crippen LogP contribution in [0.25, 0.3) is 10.9 Å². The first kappa shape index (κ1) is 22.3. The van der Waals surface area contributed by atoms with Crippen molar-refractivity contribution >= 4 is 22.7 Å². The van der Waals surface area contributed by atoms with Gasteiger partial charge in [-0.15, -0.1) is 0 Å². The highest BCUT2D eigenvalue weighted by Gasteiger charge is 2.29. The van der Waals surface area contributed by atoms with Gasteiger partial charge in [0.05, 0.1) is 10.9 Å². The zero-order chi connectivity index (χ0) is 23.7. The first-order valence-electron chi connectivity index (χ1n) is 12.2. The monoisotopic (exact) mass is 458 g/mol. The molecule has 7 heteroatoms. The molecule has 0 unspecified atom stereocenters. The Morgan fingerprint density at radius 3 is 2.29 bits per heavy atom. The van der Waals surface area contributed by atoms with Crippen LogP contribution in [0, 0.1) is 0 Å². The molecule has 2 heterocycles. The second-order valence-corrected chi connectivity index (χ2v) is 9.17. The van der Waals surface area contributed by atoms with Crippen LogP contribution >= 0.6 is 0 Å². The number of amides is 2. The molecule has 0 N–H and O–H groups in total. The lowest BCUT2D eigenvalue weighted by molar-refractivity contribution is -0.132. The van der Waals surface area contributed by atoms with E-state index in [-0.39, 0.29) is 23.4 Å². The highest BCUT2D eigenvalue weighted by molar-refractivity contribution is 5.94. The van der Waals surface area contributed by atoms with Gasteiger partial charge in [0.2, 0.25) is 5.91 Å². The average Bonchev–Trinajstić information content (AvgIpc) is 3.72. The van der Waals surface area contributed by atoms with Crippen LogP contribution in [-0.4, -0.2) is 57.3 Å². The quantitative estimate of drug-likeness (QED) is 0.569. The van der Waals surface area contributed by atoms with Gasteiger partial charge in [0, 0.05) is 50.6 Å². The minimum Gasteiger partial charge on any atom is -0.339 e. The van der Waals surface area contributed by atoms with E-state index in [4.69, 9.17) is 4.98 Å². The number of aromatic nitrogens is 2. The molecule has 0 atom stereocenters. The van der Waals surface area contributed by atoms with Gasteiger partial charge in [-0.25, -0.2) is 4.98 Å². The van der Waals surface area contributed by atoms with Gasteiger partial charge in [-0.2, -0.15) is 0 Å². The molecule has 1 aliphatic carbocycles. The van der Waals surface area contributed by atoms with Crippen molar-refractivity contribution in [1.82, 2.24) is 19.4 Å². The number of carbonyl (C=O) groups excluding carboxylic acids is 2. The molecule has 2 aromatic carbocycles. The van der Waals surface area contributed by atoms with Crippen LogP contribution in [0.2, 0.25) is 0 Å². The Bertz CT molecular complexity index is 1270. The maximum Gasteiger partial charge on any atom is 0.261 e. The summed E-state index contributed by atoms with van der Waals surface area (Å²) in [4.78, 5) is 47.2. The van der Waals surface area contributed by atoms with E-state index in [0.717, 1.165) is 19.3 Å². The molecule has 2 fully saturated rings. The average molecular weight is 459 g/mol. The molecule has 2 aliphatic rings. The van der Waals surface area contributed by atoms with Gasteiger partial charge in [-0.1, -0.05) is 31.2 Å². The standard InChI is InChI=1S/C27H30N4O3/c1-2-19-7-9-20(10-8-19)26(33)30-17-15-29(16-18-30)25(32)14-13-24-28-23-6-4-3-5-22(23)27(34)31(24)21-11-12-21/h3-10,21H,2,11-18H2,1H3. The molecule has 2 amide bonds. The molecule has 1 saturated heterocycles. The molecule has 5 rings (SSSR count). The normalized spacial score (nSPS) is 16.1. The Kier molecular flexibility index (Phi) is 6.18. The van der Waals surface area contributed by atoms with Crippen LogP contribution in [0.5, 0.6) is 0 Å². The van der Waals surface area contributed by atoms with E-state index in [1.54, 1.807) is 4.57 Å². The highest BCUT2D eigenvalue weighted by Crippen LogP contribution is 2.35. The number of fused-ring (bicyclic) bond motifs is 1. The predicted molar refractivity (Wildman–Crippen MR) is 131 cm³/mol. The van der Waals surface area contributed by atoms with Gasteiger partial charge in [-0.05, 0) is 49.1 Å². The van der Waals surface area contributed by atoms with Crippen molar-refractivity contribution in [3.05, 3.63) is 75.8 Å². The Balaban J connectivity index is 1.21. The minimum atomic E-state index is -0.00496. The third-order valence-corrected chi connectivity index (χ3v) is 6.88. The van der Waals surface area contributed by atoms with Gasteiger partial charge in [0.1, 0.15) is 5.82 Å². The maximum atomic E-state index is 13.0. The molecule has 34 heavy (non-hydrogen) atoms. The van der Waals surface area contributed by atoms with E-state index in [1.165, 1.54) is 5.56 Å². The van der Waals surface area contributed by atoms with Gasteiger partial charge in [-0.3, -0.25) is 19.0 Å². The summed E-state index contributed by atoms with van der Waals surface area (Å²) >= 11 is 0. The van der Waals surface area contributed by atoms with Crippen molar-refractivity contribution in [2.75, 3.05) is 26.2 Å². The van der Waals surface area contributed by atoms with Crippen molar-refractivity contribution < 1.29 is 9.59 Å². The molecule has 176 valence electrons. The molecular formula is C27H30N4O3. The molecule has 3 aromatic rings. The van der Waals surface area contributed by atoms with Gasteiger partial charge >= 0.3 is 0 Å². The number of hydrogen-bond acceptors (Lipinski definition) is 4. The maximum absolute atomic E-state index is 13.0. The zero-order valence-corrected chi connectivity index (χ0v) is 19.6. The summed E-state index contributed by atoms with van der Waals surface area (Å²) in [6.45, 7) is 4.20. The highest BCUT2D eigenvalue weighted by atomic mass is 16.2. The van der Waals surface area contributed by atoms with E-state index >= 15 is 0 Å². The number of carbonyl (C=O) groups is 2. The van der Waals surface area contributed by atoms with Crippen LogP contribution in [-0.2, 0) is 17.6 Å². The van der Waals surface area contributed by atoms with Gasteiger partial charge in [0.25, 0.3) is 11.5 Å². The Labute approximate surface area is 199 Å². The second-order valence-electron chi connectivity index (χ2n) is 9.17. The van der Waals surface area contributed by atoms with Crippen molar-refractivity contribution in [2.24, 2.45) is 0 Å². The van der Waals surface area contributed by atoms with E-state index < -0.39 is 0 Å². The fraction of sp³-hybridized carbons (Fsp3) is 0.407. The Hall–Kier alpha value is -3.48. The number of nitrogens with zero attached hydrogens (tertiary/aromatic N) is 4. The lowest BCUT2D eigenvalue weighted by Crippen LogP contribution is -2.50. The molecule has 0 spiro atoms. The van der Waals surface area contributed by atoms with Crippen molar-refractivity contribution in [3.63, 3.8) is 0 Å². The van der Waals surface area contributed by atoms with Crippen LogP contribution in [0.3, 0.4) is 0 Å². The fourth-order valence-corrected chi connectivity index (χ4v) is 4.68. The van der Waals surface area contributed by atoms with E-state index in [9.17, 15) is 14.4 Å². The summed E-state index contributed by atoms with van der Waals surface area (Å²) in [7, 11) is 0. The number of para-hydroxylation sites is 1. The lowest BCUT2D eigenvalue weighted by Gasteiger charge is -2.35. The first-order chi connectivity index (χ1) is 16.5. The minimum absolute atomic E-state index is 0.00496. The summed E-state index contributed by atoms with van der Waals surface area (Å²) in [5.41, 5.74) is 2.58. The van der Waals surface area contributed by atoms with Gasteiger partial charge < -0.3 is 9.80 Å². The van der Waals surface area contributed by atoms with Crippen molar-refractivity contribution in [3.8, 4) is 0 Å². The zero-order valence-electron chi connectivity index (χ0n) is 19.6. The van der Waals surface area contributed by atoms with Crippen LogP contribution in [0.15, 0.2) is 53.3 Å². The van der Waals surface area contributed by atoms with Crippen molar-refractivity contribution in [1.29, 1.82) is 0 Å². The third-order valence-electron chi connectivity index (χ3n) is 6.88. The predicted octanol–water partition coefficient (Wildman–Crippen LogP) is 3.21. The third kappa shape index (κ3) is 4.47. The topological polar surface area (TPSA) is 75.5 Å². The number of piperazine rings is 1. The Morgan fingerprint density at radius 1 is 0.941 bits per heavy atom. The number of hydrogen-bond donors (Lipinski definition) is 0. The molecule has 0 radical (unpaired) electrons. The number of rotatable bonds is 6. The van der Waals surface area contributed by atoms with Gasteiger partial charge in [0.15, 0.2) is 0 Å².